The molecule has 0 atom stereocenters. The van der Waals surface area contributed by atoms with Crippen molar-refractivity contribution < 1.29 is 0 Å². The number of aromatic nitrogens is 3. The molecule has 2 N–H and O–H groups in total. The predicted octanol–water partition coefficient (Wildman–Crippen LogP) is 3.35. The van der Waals surface area contributed by atoms with Crippen molar-refractivity contribution in [2.45, 2.75) is 6.92 Å². The van der Waals surface area contributed by atoms with Crippen LogP contribution in [0, 0.1) is 6.92 Å². The molecule has 0 bridgehead atoms. The molecule has 4 rings (SSSR count). The van der Waals surface area contributed by atoms with Gasteiger partial charge in [0.25, 0.3) is 5.56 Å². The summed E-state index contributed by atoms with van der Waals surface area (Å²) >= 11 is 3.50. The van der Waals surface area contributed by atoms with Gasteiger partial charge in [-0.15, -0.1) is 0 Å². The van der Waals surface area contributed by atoms with E-state index in [0.29, 0.717) is 22.3 Å². The van der Waals surface area contributed by atoms with Gasteiger partial charge in [0.15, 0.2) is 0 Å². The summed E-state index contributed by atoms with van der Waals surface area (Å²) in [5.41, 5.74) is 10.1. The van der Waals surface area contributed by atoms with E-state index in [1.807, 2.05) is 54.0 Å². The van der Waals surface area contributed by atoms with Gasteiger partial charge in [0.1, 0.15) is 0 Å². The van der Waals surface area contributed by atoms with E-state index in [9.17, 15) is 9.59 Å². The van der Waals surface area contributed by atoms with Crippen LogP contribution in [0.2, 0.25) is 0 Å². The molecule has 28 heavy (non-hydrogen) atoms. The summed E-state index contributed by atoms with van der Waals surface area (Å²) in [6, 6.07) is 13.5. The number of halogens is 1. The fourth-order valence-corrected chi connectivity index (χ4v) is 3.94. The molecule has 0 saturated heterocycles. The van der Waals surface area contributed by atoms with Crippen LogP contribution in [0.3, 0.4) is 0 Å². The number of nitrogens with two attached hydrogens (primary N) is 1. The maximum atomic E-state index is 13.1. The summed E-state index contributed by atoms with van der Waals surface area (Å²) in [5, 5.41) is 0.475. The molecule has 2 aromatic carbocycles. The predicted molar refractivity (Wildman–Crippen MR) is 116 cm³/mol. The lowest BCUT2D eigenvalue weighted by molar-refractivity contribution is 0.714. The van der Waals surface area contributed by atoms with Crippen LogP contribution in [0.4, 0.5) is 5.69 Å². The van der Waals surface area contributed by atoms with Crippen LogP contribution in [0.5, 0.6) is 0 Å². The van der Waals surface area contributed by atoms with Gasteiger partial charge in [-0.1, -0.05) is 34.1 Å². The lowest BCUT2D eigenvalue weighted by Crippen LogP contribution is -2.36. The van der Waals surface area contributed by atoms with E-state index in [2.05, 4.69) is 15.9 Å². The van der Waals surface area contributed by atoms with Gasteiger partial charge in [-0.3, -0.25) is 13.9 Å². The van der Waals surface area contributed by atoms with Crippen LogP contribution in [-0.2, 0) is 14.1 Å². The molecule has 0 aliphatic rings. The first-order chi connectivity index (χ1) is 13.3. The van der Waals surface area contributed by atoms with Crippen LogP contribution in [0.1, 0.15) is 5.56 Å². The van der Waals surface area contributed by atoms with Gasteiger partial charge in [0.05, 0.1) is 28.0 Å². The van der Waals surface area contributed by atoms with Crippen LogP contribution in [0.25, 0.3) is 27.8 Å². The highest BCUT2D eigenvalue weighted by Gasteiger charge is 2.21. The fraction of sp³-hybridized carbons (Fsp3) is 0.143. The maximum Gasteiger partial charge on any atom is 0.330 e. The third-order valence-electron chi connectivity index (χ3n) is 4.98. The SMILES string of the molecule is Cc1ccc(-n2cc3c(c2-c2cccc(Br)c2)c(=O)n(C)c(=O)n3C)c(N)c1. The number of hydrogen-bond donors (Lipinski definition) is 1. The largest absolute Gasteiger partial charge is 0.397 e. The fourth-order valence-electron chi connectivity index (χ4n) is 3.54. The third-order valence-corrected chi connectivity index (χ3v) is 5.47. The van der Waals surface area contributed by atoms with Crippen LogP contribution in [-0.4, -0.2) is 13.7 Å². The van der Waals surface area contributed by atoms with Crippen molar-refractivity contribution in [1.29, 1.82) is 0 Å². The van der Waals surface area contributed by atoms with E-state index < -0.39 is 0 Å². The highest BCUT2D eigenvalue weighted by atomic mass is 79.9. The van der Waals surface area contributed by atoms with Crippen molar-refractivity contribution >= 4 is 32.5 Å². The van der Waals surface area contributed by atoms with Gasteiger partial charge in [-0.05, 0) is 36.8 Å². The Balaban J connectivity index is 2.23. The van der Waals surface area contributed by atoms with E-state index in [4.69, 9.17) is 5.73 Å². The Bertz CT molecular complexity index is 1360. The van der Waals surface area contributed by atoms with E-state index >= 15 is 0 Å². The van der Waals surface area contributed by atoms with Gasteiger partial charge in [0.2, 0.25) is 0 Å². The zero-order valence-corrected chi connectivity index (χ0v) is 17.3. The van der Waals surface area contributed by atoms with Gasteiger partial charge < -0.3 is 10.3 Å². The van der Waals surface area contributed by atoms with Gasteiger partial charge >= 0.3 is 5.69 Å². The Morgan fingerprint density at radius 2 is 1.75 bits per heavy atom. The molecular weight excluding hydrogens is 420 g/mol. The zero-order chi connectivity index (χ0) is 20.2. The summed E-state index contributed by atoms with van der Waals surface area (Å²) < 4.78 is 5.40. The topological polar surface area (TPSA) is 75.0 Å². The van der Waals surface area contributed by atoms with Crippen molar-refractivity contribution in [3.63, 3.8) is 0 Å². The normalized spacial score (nSPS) is 11.3. The molecule has 0 amide bonds. The summed E-state index contributed by atoms with van der Waals surface area (Å²) in [5.74, 6) is 0. The Morgan fingerprint density at radius 1 is 1.00 bits per heavy atom. The summed E-state index contributed by atoms with van der Waals surface area (Å²) in [6.07, 6.45) is 1.80. The molecule has 2 aromatic heterocycles. The standard InChI is InChI=1S/C21H19BrN4O2/c1-12-7-8-16(15(23)9-12)26-11-17-18(20(27)25(3)21(28)24(17)2)19(26)13-5-4-6-14(22)10-13/h4-11H,23H2,1-3H3. The molecule has 142 valence electrons. The molecule has 0 unspecified atom stereocenters. The maximum absolute atomic E-state index is 13.1. The Labute approximate surface area is 169 Å². The Hall–Kier alpha value is -3.06. The van der Waals surface area contributed by atoms with Crippen molar-refractivity contribution in [3.8, 4) is 16.9 Å². The number of anilines is 1. The molecule has 4 aromatic rings. The molecule has 0 aliphatic heterocycles. The van der Waals surface area contributed by atoms with Gasteiger partial charge in [-0.25, -0.2) is 4.79 Å². The highest BCUT2D eigenvalue weighted by Crippen LogP contribution is 2.34. The van der Waals surface area contributed by atoms with E-state index in [-0.39, 0.29) is 11.2 Å². The third kappa shape index (κ3) is 2.70. The van der Waals surface area contributed by atoms with Gasteiger partial charge in [-0.2, -0.15) is 0 Å². The molecule has 0 aliphatic carbocycles. The average molecular weight is 439 g/mol. The minimum Gasteiger partial charge on any atom is -0.397 e. The van der Waals surface area contributed by atoms with Gasteiger partial charge in [0, 0.05) is 30.3 Å². The molecular formula is C21H19BrN4O2. The van der Waals surface area contributed by atoms with Crippen molar-refractivity contribution in [2.75, 3.05) is 5.73 Å². The molecule has 0 saturated carbocycles. The van der Waals surface area contributed by atoms with E-state index in [0.717, 1.165) is 25.9 Å². The summed E-state index contributed by atoms with van der Waals surface area (Å²) in [7, 11) is 3.16. The van der Waals surface area contributed by atoms with Crippen molar-refractivity contribution in [2.24, 2.45) is 14.1 Å². The lowest BCUT2D eigenvalue weighted by Gasteiger charge is -2.13. The number of hydrogen-bond acceptors (Lipinski definition) is 3. The van der Waals surface area contributed by atoms with Crippen molar-refractivity contribution in [1.82, 2.24) is 13.7 Å². The molecule has 0 spiro atoms. The smallest absolute Gasteiger partial charge is 0.330 e. The Kier molecular flexibility index (Phi) is 4.27. The first kappa shape index (κ1) is 18.3. The molecule has 7 heteroatoms. The van der Waals surface area contributed by atoms with E-state index in [1.165, 1.54) is 11.6 Å². The lowest BCUT2D eigenvalue weighted by atomic mass is 10.1. The highest BCUT2D eigenvalue weighted by molar-refractivity contribution is 9.10. The molecule has 0 radical (unpaired) electrons. The number of rotatable bonds is 2. The monoisotopic (exact) mass is 438 g/mol. The summed E-state index contributed by atoms with van der Waals surface area (Å²) in [4.78, 5) is 25.5. The number of aryl methyl sites for hydroxylation is 2. The minimum atomic E-state index is -0.368. The minimum absolute atomic E-state index is 0.336. The second-order valence-corrected chi connectivity index (χ2v) is 7.80. The number of nitrogens with zero attached hydrogens (tertiary/aromatic N) is 3. The van der Waals surface area contributed by atoms with Crippen molar-refractivity contribution in [3.05, 3.63) is 79.5 Å². The average Bonchev–Trinajstić information content (AvgIpc) is 3.05. The number of benzene rings is 2. The molecule has 2 heterocycles. The first-order valence-corrected chi connectivity index (χ1v) is 9.52. The quantitative estimate of drug-likeness (QED) is 0.487. The summed E-state index contributed by atoms with van der Waals surface area (Å²) in [6.45, 7) is 1.97. The number of nitrogen functional groups attached to an aromatic ring is 1. The Morgan fingerprint density at radius 3 is 2.43 bits per heavy atom. The first-order valence-electron chi connectivity index (χ1n) is 8.73. The zero-order valence-electron chi connectivity index (χ0n) is 15.7. The van der Waals surface area contributed by atoms with Crippen LogP contribution >= 0.6 is 15.9 Å². The number of fused-ring (bicyclic) bond motifs is 1. The molecule has 6 nitrogen and oxygen atoms in total. The molecule has 0 fully saturated rings. The van der Waals surface area contributed by atoms with Crippen LogP contribution in [0.15, 0.2) is 62.7 Å². The van der Waals surface area contributed by atoms with Crippen LogP contribution < -0.4 is 17.0 Å². The van der Waals surface area contributed by atoms with E-state index in [1.54, 1.807) is 13.2 Å². The second kappa shape index (κ2) is 6.53. The second-order valence-electron chi connectivity index (χ2n) is 6.89.